The zero-order valence-electron chi connectivity index (χ0n) is 33.8. The van der Waals surface area contributed by atoms with Gasteiger partial charge in [0.2, 0.25) is 0 Å². The molecule has 0 saturated carbocycles. The summed E-state index contributed by atoms with van der Waals surface area (Å²) in [5, 5.41) is 8.31. The maximum atomic E-state index is 12.7. The fraction of sp³-hybridized carbons (Fsp3) is 0.450. The number of nitrogens with one attached hydrogen (secondary N) is 3. The summed E-state index contributed by atoms with van der Waals surface area (Å²) in [4.78, 5) is 71.0. The lowest BCUT2D eigenvalue weighted by atomic mass is 10.1. The van der Waals surface area contributed by atoms with Gasteiger partial charge in [-0.15, -0.1) is 0 Å². The molecule has 0 radical (unpaired) electrons. The largest absolute Gasteiger partial charge is 0.460 e. The number of benzene rings is 2. The van der Waals surface area contributed by atoms with Crippen LogP contribution in [0.2, 0.25) is 0 Å². The van der Waals surface area contributed by atoms with Gasteiger partial charge in [-0.25, -0.2) is 28.8 Å². The molecule has 0 aliphatic rings. The molecule has 0 aromatic heterocycles. The smallest absolute Gasteiger partial charge is 0.412 e. The predicted octanol–water partition coefficient (Wildman–Crippen LogP) is 2.39. The second-order valence-electron chi connectivity index (χ2n) is 11.5. The normalized spacial score (nSPS) is 10.5. The molecule has 0 saturated heterocycles. The molecule has 0 spiro atoms. The molecule has 2 aromatic carbocycles. The summed E-state index contributed by atoms with van der Waals surface area (Å²) in [6.45, 7) is 12.9. The van der Waals surface area contributed by atoms with Crippen LogP contribution in [0.1, 0.15) is 0 Å². The van der Waals surface area contributed by atoms with Crippen molar-refractivity contribution in [1.82, 2.24) is 16.0 Å². The number of rotatable bonds is 33. The molecular weight excluding hydrogens is 810 g/mol. The molecule has 0 aliphatic heterocycles. The van der Waals surface area contributed by atoms with Gasteiger partial charge in [0.15, 0.2) is 0 Å². The Kier molecular flexibility index (Phi) is 27.4. The molecular formula is C40H53N3O18. The third kappa shape index (κ3) is 24.6. The second-order valence-corrected chi connectivity index (χ2v) is 11.5. The molecule has 0 heterocycles. The summed E-state index contributed by atoms with van der Waals surface area (Å²) < 4.78 is 63.0. The van der Waals surface area contributed by atoms with Gasteiger partial charge in [0, 0.05) is 48.6 Å². The number of esters is 3. The van der Waals surface area contributed by atoms with E-state index in [-0.39, 0.29) is 141 Å². The van der Waals surface area contributed by atoms with Gasteiger partial charge >= 0.3 is 36.2 Å². The Morgan fingerprint density at radius 3 is 1.11 bits per heavy atom. The van der Waals surface area contributed by atoms with Crippen molar-refractivity contribution in [3.05, 3.63) is 68.3 Å². The van der Waals surface area contributed by atoms with Gasteiger partial charge in [0.1, 0.15) is 37.1 Å². The molecule has 336 valence electrons. The van der Waals surface area contributed by atoms with Crippen LogP contribution in [-0.4, -0.2) is 155 Å². The lowest BCUT2D eigenvalue weighted by Crippen LogP contribution is -2.31. The van der Waals surface area contributed by atoms with Gasteiger partial charge in [-0.05, 0) is 30.3 Å². The minimum absolute atomic E-state index is 0.0570. The zero-order chi connectivity index (χ0) is 44.3. The maximum absolute atomic E-state index is 12.7. The highest BCUT2D eigenvalue weighted by Crippen LogP contribution is 2.36. The van der Waals surface area contributed by atoms with Crippen LogP contribution in [0.15, 0.2) is 68.3 Å². The van der Waals surface area contributed by atoms with Crippen molar-refractivity contribution in [1.29, 1.82) is 0 Å². The molecule has 0 atom stereocenters. The lowest BCUT2D eigenvalue weighted by molar-refractivity contribution is -0.140. The first-order valence-electron chi connectivity index (χ1n) is 18.9. The Balaban J connectivity index is 1.90. The van der Waals surface area contributed by atoms with Gasteiger partial charge in [-0.2, -0.15) is 0 Å². The van der Waals surface area contributed by atoms with Crippen LogP contribution in [-0.2, 0) is 57.0 Å². The average molecular weight is 864 g/mol. The average Bonchev–Trinajstić information content (AvgIpc) is 3.25. The van der Waals surface area contributed by atoms with E-state index in [1.54, 1.807) is 0 Å². The third-order valence-electron chi connectivity index (χ3n) is 7.10. The highest BCUT2D eigenvalue weighted by molar-refractivity contribution is 5.97. The number of fused-ring (bicyclic) bond motifs is 1. The van der Waals surface area contributed by atoms with E-state index in [0.717, 1.165) is 18.2 Å². The summed E-state index contributed by atoms with van der Waals surface area (Å²) in [7, 11) is 0. The number of carbonyl (C=O) groups is 6. The monoisotopic (exact) mass is 863 g/mol. The Labute approximate surface area is 352 Å². The van der Waals surface area contributed by atoms with Gasteiger partial charge in [0.25, 0.3) is 0 Å². The van der Waals surface area contributed by atoms with Crippen LogP contribution in [0.5, 0.6) is 17.2 Å². The fourth-order valence-corrected chi connectivity index (χ4v) is 4.35. The van der Waals surface area contributed by atoms with Crippen molar-refractivity contribution < 1.29 is 85.6 Å². The molecule has 21 heteroatoms. The van der Waals surface area contributed by atoms with Gasteiger partial charge in [-0.3, -0.25) is 0 Å². The first-order valence-corrected chi connectivity index (χ1v) is 18.9. The molecule has 0 fully saturated rings. The van der Waals surface area contributed by atoms with Crippen LogP contribution in [0.4, 0.5) is 14.4 Å². The topological polar surface area (TPSA) is 249 Å². The van der Waals surface area contributed by atoms with E-state index in [2.05, 4.69) is 35.7 Å². The predicted molar refractivity (Wildman–Crippen MR) is 214 cm³/mol. The van der Waals surface area contributed by atoms with E-state index < -0.39 is 36.2 Å². The molecule has 3 N–H and O–H groups in total. The van der Waals surface area contributed by atoms with Crippen LogP contribution in [0.3, 0.4) is 0 Å². The summed E-state index contributed by atoms with van der Waals surface area (Å²) >= 11 is 0. The van der Waals surface area contributed by atoms with Crippen molar-refractivity contribution in [2.45, 2.75) is 0 Å². The van der Waals surface area contributed by atoms with Gasteiger partial charge < -0.3 is 72.8 Å². The van der Waals surface area contributed by atoms with Crippen molar-refractivity contribution in [2.24, 2.45) is 0 Å². The highest BCUT2D eigenvalue weighted by atomic mass is 16.6. The Hall–Kier alpha value is -6.10. The summed E-state index contributed by atoms with van der Waals surface area (Å²) in [6, 6.07) is 7.26. The lowest BCUT2D eigenvalue weighted by Gasteiger charge is -2.14. The number of ether oxygens (including phenoxy) is 12. The van der Waals surface area contributed by atoms with E-state index in [0.29, 0.717) is 5.39 Å². The van der Waals surface area contributed by atoms with E-state index in [1.165, 1.54) is 30.3 Å². The second kappa shape index (κ2) is 32.7. The Morgan fingerprint density at radius 1 is 0.410 bits per heavy atom. The first-order chi connectivity index (χ1) is 29.7. The molecule has 3 amide bonds. The van der Waals surface area contributed by atoms with Gasteiger partial charge in [0.05, 0.1) is 79.3 Å². The number of hydrogen-bond donors (Lipinski definition) is 3. The summed E-state index contributed by atoms with van der Waals surface area (Å²) in [5.74, 6) is -1.38. The first kappa shape index (κ1) is 51.0. The summed E-state index contributed by atoms with van der Waals surface area (Å²) in [6.07, 6.45) is 0.769. The van der Waals surface area contributed by atoms with Crippen LogP contribution >= 0.6 is 0 Å². The van der Waals surface area contributed by atoms with E-state index in [9.17, 15) is 28.8 Å². The Morgan fingerprint density at radius 2 is 0.738 bits per heavy atom. The molecule has 61 heavy (non-hydrogen) atoms. The number of amides is 3. The fourth-order valence-electron chi connectivity index (χ4n) is 4.35. The zero-order valence-corrected chi connectivity index (χ0v) is 33.8. The molecule has 0 bridgehead atoms. The van der Waals surface area contributed by atoms with E-state index in [1.807, 2.05) is 0 Å². The van der Waals surface area contributed by atoms with Crippen molar-refractivity contribution in [3.63, 3.8) is 0 Å². The number of carbonyl (C=O) groups excluding carboxylic acids is 6. The Bertz CT molecular complexity index is 1700. The molecule has 21 nitrogen and oxygen atoms in total. The van der Waals surface area contributed by atoms with E-state index in [4.69, 9.17) is 56.8 Å². The third-order valence-corrected chi connectivity index (χ3v) is 7.10. The van der Waals surface area contributed by atoms with Crippen molar-refractivity contribution >= 4 is 47.0 Å². The standard InChI is InChI=1S/C40H53N3O18/c1-4-35(44)56-26-23-53-20-17-50-14-11-41-38(47)59-30-7-8-31-32(29-30)34(61-40(49)43-13-16-52-19-22-55-25-28-58-37(46)6-3)10-9-33(31)60-39(48)42-12-15-51-18-21-54-24-27-57-36(45)5-2/h4-10,29H,1-3,11-28H2,(H,41,47)(H,42,48)(H,43,49). The minimum Gasteiger partial charge on any atom is -0.460 e. The molecule has 2 rings (SSSR count). The molecule has 2 aromatic rings. The maximum Gasteiger partial charge on any atom is 0.412 e. The van der Waals surface area contributed by atoms with Crippen molar-refractivity contribution in [2.75, 3.05) is 119 Å². The summed E-state index contributed by atoms with van der Waals surface area (Å²) in [5.41, 5.74) is 0. The van der Waals surface area contributed by atoms with Crippen LogP contribution < -0.4 is 30.2 Å². The molecule has 0 aliphatic carbocycles. The van der Waals surface area contributed by atoms with Crippen LogP contribution in [0.25, 0.3) is 10.8 Å². The number of hydrogen-bond acceptors (Lipinski definition) is 18. The molecule has 0 unspecified atom stereocenters. The SMILES string of the molecule is C=CC(=O)OCCOCCOCCNC(=O)Oc1ccc2c(OC(=O)NCCOCCOCCOC(=O)C=C)ccc(OC(=O)NCCOCCOCCOC(=O)C=C)c2c1. The van der Waals surface area contributed by atoms with Crippen LogP contribution in [0, 0.1) is 0 Å². The minimum atomic E-state index is -0.816. The highest BCUT2D eigenvalue weighted by Gasteiger charge is 2.16. The van der Waals surface area contributed by atoms with Gasteiger partial charge in [-0.1, -0.05) is 19.7 Å². The van der Waals surface area contributed by atoms with E-state index >= 15 is 0 Å². The quantitative estimate of drug-likeness (QED) is 0.0403. The van der Waals surface area contributed by atoms with Crippen molar-refractivity contribution in [3.8, 4) is 17.2 Å².